The molecule has 4 aromatic rings. The van der Waals surface area contributed by atoms with E-state index in [4.69, 9.17) is 4.74 Å². The summed E-state index contributed by atoms with van der Waals surface area (Å²) in [6.07, 6.45) is 0.792. The molecule has 0 unspecified atom stereocenters. The van der Waals surface area contributed by atoms with Crippen LogP contribution in [-0.4, -0.2) is 33.4 Å². The van der Waals surface area contributed by atoms with Crippen LogP contribution in [0, 0.1) is 5.82 Å². The molecule has 3 aromatic carbocycles. The molecule has 0 atom stereocenters. The Morgan fingerprint density at radius 2 is 1.69 bits per heavy atom. The highest BCUT2D eigenvalue weighted by Gasteiger charge is 2.18. The van der Waals surface area contributed by atoms with Crippen molar-refractivity contribution in [3.05, 3.63) is 95.8 Å². The van der Waals surface area contributed by atoms with Gasteiger partial charge in [-0.3, -0.25) is 4.79 Å². The lowest BCUT2D eigenvalue weighted by Crippen LogP contribution is -2.08. The van der Waals surface area contributed by atoms with E-state index in [2.05, 4.69) is 22.3 Å². The molecule has 0 aliphatic carbocycles. The van der Waals surface area contributed by atoms with Gasteiger partial charge in [0.05, 0.1) is 18.4 Å². The number of thioether (sulfide) groups is 1. The number of halogens is 1. The zero-order chi connectivity index (χ0) is 22.3. The minimum atomic E-state index is -0.365. The first-order valence-corrected chi connectivity index (χ1v) is 11.2. The predicted molar refractivity (Wildman–Crippen MR) is 124 cm³/mol. The number of aromatic nitrogens is 3. The number of nitrogens with zero attached hydrogens (tertiary/aromatic N) is 3. The second-order valence-corrected chi connectivity index (χ2v) is 8.05. The molecule has 162 valence electrons. The van der Waals surface area contributed by atoms with Crippen molar-refractivity contribution in [3.63, 3.8) is 0 Å². The second-order valence-electron chi connectivity index (χ2n) is 7.11. The van der Waals surface area contributed by atoms with Crippen molar-refractivity contribution >= 4 is 17.5 Å². The first kappa shape index (κ1) is 21.8. The molecule has 1 heterocycles. The van der Waals surface area contributed by atoms with Crippen LogP contribution in [-0.2, 0) is 13.0 Å². The predicted octanol–water partition coefficient (Wildman–Crippen LogP) is 5.31. The lowest BCUT2D eigenvalue weighted by molar-refractivity contribution is 0.102. The number of carbonyl (C=O) groups is 1. The van der Waals surface area contributed by atoms with Gasteiger partial charge in [0.2, 0.25) is 0 Å². The molecule has 0 fully saturated rings. The molecule has 0 amide bonds. The summed E-state index contributed by atoms with van der Waals surface area (Å²) >= 11 is 1.32. The summed E-state index contributed by atoms with van der Waals surface area (Å²) in [6, 6.07) is 23.4. The summed E-state index contributed by atoms with van der Waals surface area (Å²) in [4.78, 5) is 12.6. The van der Waals surface area contributed by atoms with Gasteiger partial charge in [0.25, 0.3) is 0 Å². The molecule has 0 aliphatic rings. The third-order valence-electron chi connectivity index (χ3n) is 5.03. The zero-order valence-corrected chi connectivity index (χ0v) is 18.4. The van der Waals surface area contributed by atoms with Crippen LogP contribution in [0.1, 0.15) is 15.9 Å². The Morgan fingerprint density at radius 1 is 0.969 bits per heavy atom. The zero-order valence-electron chi connectivity index (χ0n) is 17.6. The minimum Gasteiger partial charge on any atom is -0.496 e. The smallest absolute Gasteiger partial charge is 0.191 e. The number of para-hydroxylation sites is 1. The van der Waals surface area contributed by atoms with Crippen LogP contribution in [0.3, 0.4) is 0 Å². The van der Waals surface area contributed by atoms with E-state index in [0.29, 0.717) is 28.8 Å². The van der Waals surface area contributed by atoms with Gasteiger partial charge in [-0.15, -0.1) is 10.2 Å². The van der Waals surface area contributed by atoms with Crippen molar-refractivity contribution < 1.29 is 13.9 Å². The van der Waals surface area contributed by atoms with E-state index in [1.54, 1.807) is 7.11 Å². The topological polar surface area (TPSA) is 57.0 Å². The van der Waals surface area contributed by atoms with Gasteiger partial charge in [0.15, 0.2) is 16.8 Å². The van der Waals surface area contributed by atoms with Crippen molar-refractivity contribution in [3.8, 4) is 17.1 Å². The highest BCUT2D eigenvalue weighted by atomic mass is 32.2. The SMILES string of the molecule is COc1ccccc1-c1nnc(SCC(=O)c2ccc(F)cc2)n1CCc1ccccc1. The van der Waals surface area contributed by atoms with Gasteiger partial charge in [-0.1, -0.05) is 54.2 Å². The number of ether oxygens (including phenoxy) is 1. The van der Waals surface area contributed by atoms with Crippen LogP contribution in [0.15, 0.2) is 84.0 Å². The average molecular weight is 448 g/mol. The maximum absolute atomic E-state index is 13.2. The summed E-state index contributed by atoms with van der Waals surface area (Å²) in [7, 11) is 1.63. The molecule has 0 radical (unpaired) electrons. The number of ketones is 1. The van der Waals surface area contributed by atoms with Crippen LogP contribution < -0.4 is 4.74 Å². The Kier molecular flexibility index (Phi) is 6.97. The van der Waals surface area contributed by atoms with E-state index >= 15 is 0 Å². The Balaban J connectivity index is 1.60. The summed E-state index contributed by atoms with van der Waals surface area (Å²) in [5, 5.41) is 9.44. The maximum atomic E-state index is 13.2. The van der Waals surface area contributed by atoms with Crippen molar-refractivity contribution in [1.29, 1.82) is 0 Å². The Morgan fingerprint density at radius 3 is 2.44 bits per heavy atom. The summed E-state index contributed by atoms with van der Waals surface area (Å²) in [5.41, 5.74) is 2.51. The van der Waals surface area contributed by atoms with Gasteiger partial charge in [-0.05, 0) is 48.4 Å². The molecule has 0 aliphatic heterocycles. The first-order chi connectivity index (χ1) is 15.7. The number of hydrogen-bond donors (Lipinski definition) is 0. The molecule has 0 saturated heterocycles. The van der Waals surface area contributed by atoms with E-state index in [1.165, 1.54) is 41.6 Å². The number of Topliss-reactive ketones (excluding diaryl/α,β-unsaturated/α-hetero) is 1. The van der Waals surface area contributed by atoms with E-state index in [0.717, 1.165) is 12.0 Å². The van der Waals surface area contributed by atoms with Crippen molar-refractivity contribution in [2.24, 2.45) is 0 Å². The fraction of sp³-hybridized carbons (Fsp3) is 0.160. The highest BCUT2D eigenvalue weighted by molar-refractivity contribution is 7.99. The monoisotopic (exact) mass is 447 g/mol. The Bertz CT molecular complexity index is 1190. The van der Waals surface area contributed by atoms with Gasteiger partial charge in [-0.2, -0.15) is 0 Å². The number of rotatable bonds is 9. The lowest BCUT2D eigenvalue weighted by Gasteiger charge is -2.12. The Labute approximate surface area is 190 Å². The third-order valence-corrected chi connectivity index (χ3v) is 6.00. The third kappa shape index (κ3) is 5.06. The lowest BCUT2D eigenvalue weighted by atomic mass is 10.1. The average Bonchev–Trinajstić information content (AvgIpc) is 3.24. The number of benzene rings is 3. The van der Waals surface area contributed by atoms with Gasteiger partial charge < -0.3 is 9.30 Å². The molecule has 0 spiro atoms. The van der Waals surface area contributed by atoms with Crippen molar-refractivity contribution in [2.75, 3.05) is 12.9 Å². The number of aryl methyl sites for hydroxylation is 1. The number of hydrogen-bond acceptors (Lipinski definition) is 5. The standard InChI is InChI=1S/C25H22FN3O2S/c1-31-23-10-6-5-9-21(23)24-27-28-25(29(24)16-15-18-7-3-2-4-8-18)32-17-22(30)19-11-13-20(26)14-12-19/h2-14H,15-17H2,1H3. The van der Waals surface area contributed by atoms with Gasteiger partial charge in [0.1, 0.15) is 11.6 Å². The van der Waals surface area contributed by atoms with Crippen molar-refractivity contribution in [1.82, 2.24) is 14.8 Å². The molecular formula is C25H22FN3O2S. The van der Waals surface area contributed by atoms with Crippen LogP contribution >= 0.6 is 11.8 Å². The largest absolute Gasteiger partial charge is 0.496 e. The van der Waals surface area contributed by atoms with E-state index < -0.39 is 0 Å². The van der Waals surface area contributed by atoms with Crippen molar-refractivity contribution in [2.45, 2.75) is 18.1 Å². The molecular weight excluding hydrogens is 425 g/mol. The number of carbonyl (C=O) groups excluding carboxylic acids is 1. The molecule has 0 bridgehead atoms. The maximum Gasteiger partial charge on any atom is 0.191 e. The number of methoxy groups -OCH3 is 1. The normalized spacial score (nSPS) is 10.8. The minimum absolute atomic E-state index is 0.0912. The van der Waals surface area contributed by atoms with Crippen LogP contribution in [0.25, 0.3) is 11.4 Å². The Hall–Kier alpha value is -3.45. The van der Waals surface area contributed by atoms with Gasteiger partial charge in [0, 0.05) is 12.1 Å². The van der Waals surface area contributed by atoms with Gasteiger partial charge >= 0.3 is 0 Å². The summed E-state index contributed by atoms with van der Waals surface area (Å²) < 4.78 is 20.7. The second kappa shape index (κ2) is 10.2. The molecule has 1 aromatic heterocycles. The van der Waals surface area contributed by atoms with Gasteiger partial charge in [-0.25, -0.2) is 4.39 Å². The molecule has 0 N–H and O–H groups in total. The van der Waals surface area contributed by atoms with E-state index in [-0.39, 0.29) is 17.4 Å². The summed E-state index contributed by atoms with van der Waals surface area (Å²) in [6.45, 7) is 0.650. The summed E-state index contributed by atoms with van der Waals surface area (Å²) in [5.74, 6) is 1.12. The highest BCUT2D eigenvalue weighted by Crippen LogP contribution is 2.31. The quantitative estimate of drug-likeness (QED) is 0.257. The molecule has 0 saturated carbocycles. The van der Waals surface area contributed by atoms with E-state index in [9.17, 15) is 9.18 Å². The van der Waals surface area contributed by atoms with Crippen LogP contribution in [0.2, 0.25) is 0 Å². The van der Waals surface area contributed by atoms with E-state index in [1.807, 2.05) is 47.0 Å². The van der Waals surface area contributed by atoms with Crippen LogP contribution in [0.5, 0.6) is 5.75 Å². The molecule has 4 rings (SSSR count). The molecule has 5 nitrogen and oxygen atoms in total. The van der Waals surface area contributed by atoms with Crippen LogP contribution in [0.4, 0.5) is 4.39 Å². The molecule has 7 heteroatoms. The molecule has 32 heavy (non-hydrogen) atoms. The fourth-order valence-corrected chi connectivity index (χ4v) is 4.22. The first-order valence-electron chi connectivity index (χ1n) is 10.2. The fourth-order valence-electron chi connectivity index (χ4n) is 3.36.